The number of methoxy groups -OCH3 is 1. The summed E-state index contributed by atoms with van der Waals surface area (Å²) in [4.78, 5) is 38.7. The number of carbonyl (C=O) groups is 1. The fourth-order valence-corrected chi connectivity index (χ4v) is 4.35. The van der Waals surface area contributed by atoms with Gasteiger partial charge in [0.15, 0.2) is 5.82 Å². The predicted octanol–water partition coefficient (Wildman–Crippen LogP) is 2.35. The number of pyridine rings is 1. The van der Waals surface area contributed by atoms with Crippen LogP contribution in [0, 0.1) is 5.92 Å². The smallest absolute Gasteiger partial charge is 0.251 e. The SMILES string of the molecule is CO[C@@H]1CCC[C@@H](C(=O)N2CC[C@H](c3cc(=O)[nH]c(-c4ccccn4)n3)C2)C1. The average Bonchev–Trinajstić information content (AvgIpc) is 3.24. The van der Waals surface area contributed by atoms with E-state index in [1.165, 1.54) is 0 Å². The van der Waals surface area contributed by atoms with Gasteiger partial charge in [0.25, 0.3) is 5.56 Å². The summed E-state index contributed by atoms with van der Waals surface area (Å²) in [5, 5.41) is 0. The van der Waals surface area contributed by atoms with Crippen LogP contribution in [0.25, 0.3) is 11.5 Å². The molecule has 4 rings (SSSR count). The van der Waals surface area contributed by atoms with E-state index in [0.717, 1.165) is 37.8 Å². The molecule has 0 aromatic carbocycles. The number of hydrogen-bond acceptors (Lipinski definition) is 5. The fourth-order valence-electron chi connectivity index (χ4n) is 4.35. The highest BCUT2D eigenvalue weighted by Gasteiger charge is 2.35. The van der Waals surface area contributed by atoms with Crippen molar-refractivity contribution in [3.8, 4) is 11.5 Å². The number of aromatic nitrogens is 3. The Labute approximate surface area is 164 Å². The van der Waals surface area contributed by atoms with Crippen molar-refractivity contribution >= 4 is 5.91 Å². The number of rotatable bonds is 4. The maximum absolute atomic E-state index is 13.0. The second-order valence-corrected chi connectivity index (χ2v) is 7.72. The summed E-state index contributed by atoms with van der Waals surface area (Å²) >= 11 is 0. The molecule has 2 fully saturated rings. The van der Waals surface area contributed by atoms with Crippen molar-refractivity contribution in [1.29, 1.82) is 0 Å². The maximum atomic E-state index is 13.0. The molecular formula is C21H26N4O3. The van der Waals surface area contributed by atoms with Crippen LogP contribution in [0.2, 0.25) is 0 Å². The zero-order valence-corrected chi connectivity index (χ0v) is 16.1. The van der Waals surface area contributed by atoms with Crippen LogP contribution in [0.5, 0.6) is 0 Å². The Morgan fingerprint density at radius 1 is 1.29 bits per heavy atom. The normalized spacial score (nSPS) is 25.0. The van der Waals surface area contributed by atoms with E-state index in [1.54, 1.807) is 19.4 Å². The Bertz CT molecular complexity index is 883. The minimum absolute atomic E-state index is 0.0497. The summed E-state index contributed by atoms with van der Waals surface area (Å²) in [5.74, 6) is 0.825. The van der Waals surface area contributed by atoms with Gasteiger partial charge in [-0.05, 0) is 37.8 Å². The molecule has 1 amide bonds. The molecule has 1 saturated heterocycles. The van der Waals surface area contributed by atoms with Crippen LogP contribution in [-0.4, -0.2) is 52.1 Å². The molecule has 7 heteroatoms. The van der Waals surface area contributed by atoms with Crippen molar-refractivity contribution in [3.63, 3.8) is 0 Å². The lowest BCUT2D eigenvalue weighted by Crippen LogP contribution is -2.38. The van der Waals surface area contributed by atoms with Crippen LogP contribution >= 0.6 is 0 Å². The van der Waals surface area contributed by atoms with Crippen molar-refractivity contribution in [2.45, 2.75) is 44.1 Å². The van der Waals surface area contributed by atoms with E-state index in [-0.39, 0.29) is 29.4 Å². The van der Waals surface area contributed by atoms with Crippen LogP contribution < -0.4 is 5.56 Å². The highest BCUT2D eigenvalue weighted by atomic mass is 16.5. The number of carbonyl (C=O) groups excluding carboxylic acids is 1. The standard InChI is InChI=1S/C21H26N4O3/c1-28-16-6-4-5-14(11-16)21(27)25-10-8-15(13-25)18-12-19(26)24-20(23-18)17-7-2-3-9-22-17/h2-3,7,9,12,14-16H,4-6,8,10-11,13H2,1H3,(H,23,24,26)/t14-,15+,16-/m1/s1. The third kappa shape index (κ3) is 3.99. The first kappa shape index (κ1) is 18.8. The molecule has 2 aromatic rings. The van der Waals surface area contributed by atoms with Gasteiger partial charge in [-0.2, -0.15) is 0 Å². The molecule has 0 unspecified atom stereocenters. The van der Waals surface area contributed by atoms with Crippen LogP contribution in [-0.2, 0) is 9.53 Å². The lowest BCUT2D eigenvalue weighted by molar-refractivity contribution is -0.137. The first-order valence-electron chi connectivity index (χ1n) is 9.98. The Morgan fingerprint density at radius 3 is 2.96 bits per heavy atom. The number of amides is 1. The van der Waals surface area contributed by atoms with Crippen LogP contribution in [0.1, 0.15) is 43.7 Å². The molecule has 2 aliphatic rings. The van der Waals surface area contributed by atoms with Crippen molar-refractivity contribution in [3.05, 3.63) is 46.5 Å². The van der Waals surface area contributed by atoms with Crippen molar-refractivity contribution in [2.75, 3.05) is 20.2 Å². The second-order valence-electron chi connectivity index (χ2n) is 7.72. The largest absolute Gasteiger partial charge is 0.381 e. The van der Waals surface area contributed by atoms with Gasteiger partial charge in [0.2, 0.25) is 5.91 Å². The van der Waals surface area contributed by atoms with Gasteiger partial charge in [-0.1, -0.05) is 12.5 Å². The van der Waals surface area contributed by atoms with Gasteiger partial charge in [0.05, 0.1) is 11.8 Å². The number of aromatic amines is 1. The van der Waals surface area contributed by atoms with Gasteiger partial charge in [-0.15, -0.1) is 0 Å². The zero-order valence-electron chi connectivity index (χ0n) is 16.1. The first-order valence-corrected chi connectivity index (χ1v) is 9.98. The van der Waals surface area contributed by atoms with Gasteiger partial charge >= 0.3 is 0 Å². The van der Waals surface area contributed by atoms with E-state index < -0.39 is 0 Å². The van der Waals surface area contributed by atoms with Crippen molar-refractivity contribution < 1.29 is 9.53 Å². The summed E-state index contributed by atoms with van der Waals surface area (Å²) in [6.45, 7) is 1.33. The number of ether oxygens (including phenoxy) is 1. The minimum atomic E-state index is -0.189. The van der Waals surface area contributed by atoms with E-state index in [2.05, 4.69) is 15.0 Å². The molecule has 0 radical (unpaired) electrons. The first-order chi connectivity index (χ1) is 13.6. The lowest BCUT2D eigenvalue weighted by Gasteiger charge is -2.30. The molecule has 1 saturated carbocycles. The maximum Gasteiger partial charge on any atom is 0.251 e. The molecule has 0 spiro atoms. The van der Waals surface area contributed by atoms with Crippen molar-refractivity contribution in [2.24, 2.45) is 5.92 Å². The molecule has 1 aliphatic carbocycles. The molecule has 3 heterocycles. The highest BCUT2D eigenvalue weighted by Crippen LogP contribution is 2.32. The van der Waals surface area contributed by atoms with E-state index in [1.807, 2.05) is 23.1 Å². The number of hydrogen-bond donors (Lipinski definition) is 1. The van der Waals surface area contributed by atoms with Crippen molar-refractivity contribution in [1.82, 2.24) is 19.9 Å². The molecular weight excluding hydrogens is 356 g/mol. The average molecular weight is 382 g/mol. The predicted molar refractivity (Wildman–Crippen MR) is 105 cm³/mol. The molecule has 28 heavy (non-hydrogen) atoms. The highest BCUT2D eigenvalue weighted by molar-refractivity contribution is 5.79. The molecule has 7 nitrogen and oxygen atoms in total. The monoisotopic (exact) mass is 382 g/mol. The molecule has 3 atom stereocenters. The van der Waals surface area contributed by atoms with E-state index >= 15 is 0 Å². The topological polar surface area (TPSA) is 88.2 Å². The van der Waals surface area contributed by atoms with E-state index in [4.69, 9.17) is 4.74 Å². The van der Waals surface area contributed by atoms with Crippen LogP contribution in [0.15, 0.2) is 35.3 Å². The summed E-state index contributed by atoms with van der Waals surface area (Å²) < 4.78 is 5.47. The number of likely N-dealkylation sites (tertiary alicyclic amines) is 1. The fraction of sp³-hybridized carbons (Fsp3) is 0.524. The number of nitrogens with zero attached hydrogens (tertiary/aromatic N) is 3. The second kappa shape index (κ2) is 8.22. The van der Waals surface area contributed by atoms with Gasteiger partial charge in [-0.25, -0.2) is 4.98 Å². The summed E-state index contributed by atoms with van der Waals surface area (Å²) in [5.41, 5.74) is 1.18. The summed E-state index contributed by atoms with van der Waals surface area (Å²) in [6, 6.07) is 7.06. The summed E-state index contributed by atoms with van der Waals surface area (Å²) in [7, 11) is 1.72. The van der Waals surface area contributed by atoms with E-state index in [9.17, 15) is 9.59 Å². The van der Waals surface area contributed by atoms with Gasteiger partial charge < -0.3 is 14.6 Å². The third-order valence-corrected chi connectivity index (χ3v) is 5.90. The number of nitrogens with one attached hydrogen (secondary N) is 1. The van der Waals surface area contributed by atoms with Crippen LogP contribution in [0.4, 0.5) is 0 Å². The molecule has 2 aromatic heterocycles. The Kier molecular flexibility index (Phi) is 5.52. The Morgan fingerprint density at radius 2 is 2.18 bits per heavy atom. The minimum Gasteiger partial charge on any atom is -0.381 e. The van der Waals surface area contributed by atoms with Gasteiger partial charge in [-0.3, -0.25) is 14.6 Å². The van der Waals surface area contributed by atoms with Gasteiger partial charge in [0.1, 0.15) is 5.69 Å². The lowest BCUT2D eigenvalue weighted by atomic mass is 9.86. The molecule has 1 N–H and O–H groups in total. The molecule has 1 aliphatic heterocycles. The van der Waals surface area contributed by atoms with Gasteiger partial charge in [0, 0.05) is 44.3 Å². The number of H-pyrrole nitrogens is 1. The van der Waals surface area contributed by atoms with Crippen LogP contribution in [0.3, 0.4) is 0 Å². The Hall–Kier alpha value is -2.54. The summed E-state index contributed by atoms with van der Waals surface area (Å²) in [6.07, 6.45) is 6.51. The Balaban J connectivity index is 1.48. The zero-order chi connectivity index (χ0) is 19.5. The molecule has 0 bridgehead atoms. The quantitative estimate of drug-likeness (QED) is 0.877. The third-order valence-electron chi connectivity index (χ3n) is 5.90. The van der Waals surface area contributed by atoms with E-state index in [0.29, 0.717) is 24.6 Å². The molecule has 148 valence electrons.